The van der Waals surface area contributed by atoms with Crippen LogP contribution in [0.25, 0.3) is 11.3 Å². The predicted molar refractivity (Wildman–Crippen MR) is 125 cm³/mol. The molecule has 5 rings (SSSR count). The van der Waals surface area contributed by atoms with Crippen LogP contribution in [-0.2, 0) is 0 Å². The van der Waals surface area contributed by atoms with E-state index < -0.39 is 0 Å². The van der Waals surface area contributed by atoms with Gasteiger partial charge in [0.2, 0.25) is 5.95 Å². The Labute approximate surface area is 188 Å². The Bertz CT molecular complexity index is 1050. The molecule has 32 heavy (non-hydrogen) atoms. The Morgan fingerprint density at radius 1 is 0.969 bits per heavy atom. The molecule has 2 aliphatic rings. The number of halogens is 1. The van der Waals surface area contributed by atoms with Gasteiger partial charge in [-0.15, -0.1) is 0 Å². The molecule has 1 atom stereocenters. The van der Waals surface area contributed by atoms with Gasteiger partial charge in [0, 0.05) is 68.1 Å². The Kier molecular flexibility index (Phi) is 5.99. The van der Waals surface area contributed by atoms with Crippen LogP contribution in [0.3, 0.4) is 0 Å². The fourth-order valence-corrected chi connectivity index (χ4v) is 4.85. The van der Waals surface area contributed by atoms with Crippen LogP contribution in [0.15, 0.2) is 55.0 Å². The first-order valence-corrected chi connectivity index (χ1v) is 11.4. The summed E-state index contributed by atoms with van der Waals surface area (Å²) in [6.07, 6.45) is 8.73. The molecule has 4 heterocycles. The van der Waals surface area contributed by atoms with Crippen molar-refractivity contribution in [2.45, 2.75) is 38.3 Å². The first kappa shape index (κ1) is 20.8. The summed E-state index contributed by atoms with van der Waals surface area (Å²) < 4.78 is 13.4. The fourth-order valence-electron chi connectivity index (χ4n) is 4.85. The zero-order chi connectivity index (χ0) is 21.9. The molecule has 3 aromatic rings. The highest BCUT2D eigenvalue weighted by Gasteiger charge is 2.28. The summed E-state index contributed by atoms with van der Waals surface area (Å²) in [7, 11) is 0. The van der Waals surface area contributed by atoms with Gasteiger partial charge in [0.25, 0.3) is 0 Å². The van der Waals surface area contributed by atoms with E-state index >= 15 is 0 Å². The van der Waals surface area contributed by atoms with Gasteiger partial charge in [0.15, 0.2) is 0 Å². The van der Waals surface area contributed by atoms with Crippen LogP contribution in [0.1, 0.15) is 24.8 Å². The van der Waals surface area contributed by atoms with E-state index in [1.165, 1.54) is 0 Å². The van der Waals surface area contributed by atoms with E-state index in [-0.39, 0.29) is 5.82 Å². The molecule has 166 valence electrons. The van der Waals surface area contributed by atoms with Gasteiger partial charge in [0.1, 0.15) is 5.82 Å². The molecular weight excluding hydrogens is 403 g/mol. The molecule has 0 aliphatic carbocycles. The van der Waals surface area contributed by atoms with E-state index in [9.17, 15) is 4.39 Å². The number of benzene rings is 1. The van der Waals surface area contributed by atoms with Gasteiger partial charge in [0.05, 0.1) is 5.69 Å². The van der Waals surface area contributed by atoms with Crippen LogP contribution in [0.2, 0.25) is 0 Å². The molecule has 0 spiro atoms. The Morgan fingerprint density at radius 3 is 2.56 bits per heavy atom. The van der Waals surface area contributed by atoms with Gasteiger partial charge in [-0.2, -0.15) is 0 Å². The quantitative estimate of drug-likeness (QED) is 0.662. The van der Waals surface area contributed by atoms with Crippen LogP contribution in [0.4, 0.5) is 16.0 Å². The zero-order valence-electron chi connectivity index (χ0n) is 18.4. The van der Waals surface area contributed by atoms with Gasteiger partial charge < -0.3 is 15.1 Å². The van der Waals surface area contributed by atoms with Crippen molar-refractivity contribution in [3.8, 4) is 11.3 Å². The Hall–Kier alpha value is -3.06. The van der Waals surface area contributed by atoms with E-state index in [1.807, 2.05) is 43.6 Å². The summed E-state index contributed by atoms with van der Waals surface area (Å²) in [4.78, 5) is 18.1. The number of pyridine rings is 1. The van der Waals surface area contributed by atoms with Crippen LogP contribution in [0.5, 0.6) is 0 Å². The third kappa shape index (κ3) is 4.58. The van der Waals surface area contributed by atoms with Crippen LogP contribution in [-0.4, -0.2) is 53.2 Å². The largest absolute Gasteiger partial charge is 0.371 e. The summed E-state index contributed by atoms with van der Waals surface area (Å²) in [5.74, 6) is 0.626. The Morgan fingerprint density at radius 2 is 1.78 bits per heavy atom. The maximum Gasteiger partial charge on any atom is 0.225 e. The molecule has 1 N–H and O–H groups in total. The minimum absolute atomic E-state index is 0.163. The lowest BCUT2D eigenvalue weighted by atomic mass is 10.0. The molecule has 6 nitrogen and oxygen atoms in total. The topological polar surface area (TPSA) is 57.2 Å². The average Bonchev–Trinajstić information content (AvgIpc) is 3.29. The first-order valence-electron chi connectivity index (χ1n) is 11.4. The number of nitrogens with one attached hydrogen (secondary N) is 1. The van der Waals surface area contributed by atoms with E-state index in [2.05, 4.69) is 25.1 Å². The lowest BCUT2D eigenvalue weighted by molar-refractivity contribution is 0.376. The van der Waals surface area contributed by atoms with Crippen molar-refractivity contribution >= 4 is 11.6 Å². The molecule has 2 saturated heterocycles. The number of piperidine rings is 1. The summed E-state index contributed by atoms with van der Waals surface area (Å²) in [5, 5.41) is 3.87. The number of rotatable bonds is 5. The Balaban J connectivity index is 1.15. The first-order chi connectivity index (χ1) is 15.7. The molecule has 1 aromatic carbocycles. The number of hydrogen-bond acceptors (Lipinski definition) is 6. The minimum Gasteiger partial charge on any atom is -0.371 e. The number of aromatic nitrogens is 3. The van der Waals surface area contributed by atoms with Crippen molar-refractivity contribution in [3.05, 3.63) is 66.4 Å². The highest BCUT2D eigenvalue weighted by Crippen LogP contribution is 2.26. The van der Waals surface area contributed by atoms with E-state index in [4.69, 9.17) is 4.98 Å². The van der Waals surface area contributed by atoms with Gasteiger partial charge in [-0.05, 0) is 68.1 Å². The van der Waals surface area contributed by atoms with Crippen LogP contribution < -0.4 is 15.1 Å². The molecule has 0 radical (unpaired) electrons. The number of nitrogens with zero attached hydrogens (tertiary/aromatic N) is 5. The number of hydrogen-bond donors (Lipinski definition) is 1. The van der Waals surface area contributed by atoms with E-state index in [0.717, 1.165) is 73.9 Å². The number of aryl methyl sites for hydroxylation is 1. The number of anilines is 2. The normalized spacial score (nSPS) is 19.5. The average molecular weight is 433 g/mol. The van der Waals surface area contributed by atoms with Crippen molar-refractivity contribution in [2.24, 2.45) is 0 Å². The maximum atomic E-state index is 13.4. The third-order valence-corrected chi connectivity index (χ3v) is 6.54. The van der Waals surface area contributed by atoms with Crippen LogP contribution >= 0.6 is 0 Å². The van der Waals surface area contributed by atoms with Crippen molar-refractivity contribution < 1.29 is 4.39 Å². The van der Waals surface area contributed by atoms with Gasteiger partial charge in [-0.1, -0.05) is 0 Å². The highest BCUT2D eigenvalue weighted by molar-refractivity contribution is 5.59. The van der Waals surface area contributed by atoms with Crippen molar-refractivity contribution in [2.75, 3.05) is 36.0 Å². The molecule has 0 bridgehead atoms. The van der Waals surface area contributed by atoms with Gasteiger partial charge in [-0.3, -0.25) is 4.98 Å². The monoisotopic (exact) mass is 432 g/mol. The molecular formula is C25H29FN6. The predicted octanol–water partition coefficient (Wildman–Crippen LogP) is 3.82. The fraction of sp³-hybridized carbons (Fsp3) is 0.400. The molecule has 0 saturated carbocycles. The standard InChI is InChI=1S/C25H29FN6/c1-18-15-20(26)4-5-24(18)31-12-7-21(8-13-31)29-22-9-14-32(17-22)25-28-11-6-23(30-25)19-3-2-10-27-16-19/h2-6,10-11,15-16,21-22,29H,7-9,12-14,17H2,1H3. The van der Waals surface area contributed by atoms with E-state index in [1.54, 1.807) is 18.3 Å². The second-order valence-electron chi connectivity index (χ2n) is 8.77. The lowest BCUT2D eigenvalue weighted by Crippen LogP contribution is -2.47. The summed E-state index contributed by atoms with van der Waals surface area (Å²) in [6.45, 7) is 5.87. The lowest BCUT2D eigenvalue weighted by Gasteiger charge is -2.36. The second kappa shape index (κ2) is 9.20. The maximum absolute atomic E-state index is 13.4. The molecule has 2 aliphatic heterocycles. The molecule has 0 amide bonds. The minimum atomic E-state index is -0.163. The molecule has 2 fully saturated rings. The van der Waals surface area contributed by atoms with Gasteiger partial charge in [-0.25, -0.2) is 14.4 Å². The van der Waals surface area contributed by atoms with Gasteiger partial charge >= 0.3 is 0 Å². The van der Waals surface area contributed by atoms with Crippen molar-refractivity contribution in [1.29, 1.82) is 0 Å². The molecule has 7 heteroatoms. The summed E-state index contributed by atoms with van der Waals surface area (Å²) in [5.41, 5.74) is 4.08. The van der Waals surface area contributed by atoms with Crippen molar-refractivity contribution in [3.63, 3.8) is 0 Å². The molecule has 2 aromatic heterocycles. The summed E-state index contributed by atoms with van der Waals surface area (Å²) in [6, 6.07) is 11.9. The van der Waals surface area contributed by atoms with E-state index in [0.29, 0.717) is 12.1 Å². The zero-order valence-corrected chi connectivity index (χ0v) is 18.4. The second-order valence-corrected chi connectivity index (χ2v) is 8.77. The van der Waals surface area contributed by atoms with Crippen LogP contribution in [0, 0.1) is 12.7 Å². The highest BCUT2D eigenvalue weighted by atomic mass is 19.1. The van der Waals surface area contributed by atoms with Crippen molar-refractivity contribution in [1.82, 2.24) is 20.3 Å². The smallest absolute Gasteiger partial charge is 0.225 e. The third-order valence-electron chi connectivity index (χ3n) is 6.54. The SMILES string of the molecule is Cc1cc(F)ccc1N1CCC(NC2CCN(c3nccc(-c4cccnc4)n3)C2)CC1. The summed E-state index contributed by atoms with van der Waals surface area (Å²) >= 11 is 0. The molecule has 1 unspecified atom stereocenters.